The fourth-order valence-corrected chi connectivity index (χ4v) is 3.13. The van der Waals surface area contributed by atoms with Crippen molar-refractivity contribution in [3.05, 3.63) is 47.5 Å². The van der Waals surface area contributed by atoms with Gasteiger partial charge < -0.3 is 15.5 Å². The molecule has 8 heteroatoms. The summed E-state index contributed by atoms with van der Waals surface area (Å²) in [6.07, 6.45) is 2.89. The first kappa shape index (κ1) is 20.5. The van der Waals surface area contributed by atoms with E-state index in [4.69, 9.17) is 5.73 Å². The maximum atomic E-state index is 13.0. The first-order valence-electron chi connectivity index (χ1n) is 8.63. The van der Waals surface area contributed by atoms with Crippen LogP contribution in [0.1, 0.15) is 18.2 Å². The molecule has 0 saturated carbocycles. The quantitative estimate of drug-likeness (QED) is 0.422. The van der Waals surface area contributed by atoms with Crippen LogP contribution in [0.2, 0.25) is 0 Å². The number of aliphatic imine (C=N–C) groups is 1. The number of rotatable bonds is 4. The maximum absolute atomic E-state index is 13.0. The van der Waals surface area contributed by atoms with Gasteiger partial charge in [0.05, 0.1) is 12.2 Å². The second-order valence-electron chi connectivity index (χ2n) is 6.25. The van der Waals surface area contributed by atoms with Crippen LogP contribution >= 0.6 is 24.0 Å². The van der Waals surface area contributed by atoms with Crippen LogP contribution in [0.25, 0.3) is 0 Å². The van der Waals surface area contributed by atoms with Crippen molar-refractivity contribution in [2.75, 3.05) is 31.1 Å². The predicted molar refractivity (Wildman–Crippen MR) is 114 cm³/mol. The molecular formula is C18H26FIN6. The molecule has 1 aliphatic rings. The lowest BCUT2D eigenvalue weighted by atomic mass is 10.2. The number of halogens is 2. The molecule has 1 saturated heterocycles. The van der Waals surface area contributed by atoms with Crippen LogP contribution in [0.4, 0.5) is 10.1 Å². The number of anilines is 1. The van der Waals surface area contributed by atoms with Crippen molar-refractivity contribution in [1.29, 1.82) is 0 Å². The van der Waals surface area contributed by atoms with Gasteiger partial charge in [-0.3, -0.25) is 4.68 Å². The number of aromatic nitrogens is 2. The smallest absolute Gasteiger partial charge is 0.191 e. The minimum Gasteiger partial charge on any atom is -0.370 e. The van der Waals surface area contributed by atoms with E-state index in [9.17, 15) is 4.39 Å². The SMILES string of the molecule is CCc1nn(C)cc1CN=C(N)N1CCN(c2ccc(F)cc2)CC1.I. The second-order valence-corrected chi connectivity index (χ2v) is 6.25. The molecule has 0 atom stereocenters. The minimum absolute atomic E-state index is 0. The van der Waals surface area contributed by atoms with Gasteiger partial charge in [0.2, 0.25) is 0 Å². The predicted octanol–water partition coefficient (Wildman–Crippen LogP) is 2.38. The number of hydrogen-bond donors (Lipinski definition) is 1. The van der Waals surface area contributed by atoms with E-state index in [0.29, 0.717) is 12.5 Å². The average molecular weight is 472 g/mol. The lowest BCUT2D eigenvalue weighted by molar-refractivity contribution is 0.380. The Morgan fingerprint density at radius 2 is 1.85 bits per heavy atom. The van der Waals surface area contributed by atoms with Gasteiger partial charge in [0.25, 0.3) is 0 Å². The van der Waals surface area contributed by atoms with Gasteiger partial charge in [-0.15, -0.1) is 24.0 Å². The molecule has 1 aliphatic heterocycles. The Labute approximate surface area is 170 Å². The van der Waals surface area contributed by atoms with Crippen molar-refractivity contribution in [3.63, 3.8) is 0 Å². The third-order valence-corrected chi connectivity index (χ3v) is 4.53. The summed E-state index contributed by atoms with van der Waals surface area (Å²) in [7, 11) is 1.92. The molecule has 2 heterocycles. The van der Waals surface area contributed by atoms with E-state index >= 15 is 0 Å². The highest BCUT2D eigenvalue weighted by atomic mass is 127. The van der Waals surface area contributed by atoms with Crippen molar-refractivity contribution >= 4 is 35.6 Å². The van der Waals surface area contributed by atoms with Gasteiger partial charge in [0.1, 0.15) is 5.82 Å². The first-order valence-corrected chi connectivity index (χ1v) is 8.63. The molecule has 0 aliphatic carbocycles. The van der Waals surface area contributed by atoms with Crippen molar-refractivity contribution in [1.82, 2.24) is 14.7 Å². The highest BCUT2D eigenvalue weighted by molar-refractivity contribution is 14.0. The van der Waals surface area contributed by atoms with E-state index in [-0.39, 0.29) is 29.8 Å². The van der Waals surface area contributed by atoms with Gasteiger partial charge in [-0.05, 0) is 30.7 Å². The molecular weight excluding hydrogens is 446 g/mol. The standard InChI is InChI=1S/C18H25FN6.HI/c1-3-17-14(13-23(2)22-17)12-21-18(20)25-10-8-24(9-11-25)16-6-4-15(19)5-7-16;/h4-7,13H,3,8-12H2,1-2H3,(H2,20,21);1H. The Kier molecular flexibility index (Phi) is 7.24. The summed E-state index contributed by atoms with van der Waals surface area (Å²) >= 11 is 0. The molecule has 2 aromatic rings. The number of aryl methyl sites for hydroxylation is 2. The van der Waals surface area contributed by atoms with Crippen LogP contribution < -0.4 is 10.6 Å². The van der Waals surface area contributed by atoms with E-state index < -0.39 is 0 Å². The molecule has 0 spiro atoms. The Balaban J connectivity index is 0.00000243. The Morgan fingerprint density at radius 3 is 2.46 bits per heavy atom. The zero-order valence-corrected chi connectivity index (χ0v) is 17.6. The zero-order valence-electron chi connectivity index (χ0n) is 15.2. The van der Waals surface area contributed by atoms with Crippen LogP contribution in [0.15, 0.2) is 35.5 Å². The van der Waals surface area contributed by atoms with Crippen molar-refractivity contribution in [2.24, 2.45) is 17.8 Å². The third-order valence-electron chi connectivity index (χ3n) is 4.53. The molecule has 1 aromatic heterocycles. The number of nitrogens with zero attached hydrogens (tertiary/aromatic N) is 5. The summed E-state index contributed by atoms with van der Waals surface area (Å²) in [5.74, 6) is 0.366. The van der Waals surface area contributed by atoms with E-state index in [1.165, 1.54) is 12.1 Å². The van der Waals surface area contributed by atoms with E-state index in [0.717, 1.165) is 49.5 Å². The average Bonchev–Trinajstić information content (AvgIpc) is 3.00. The van der Waals surface area contributed by atoms with Crippen molar-refractivity contribution in [3.8, 4) is 0 Å². The number of hydrogen-bond acceptors (Lipinski definition) is 3. The lowest BCUT2D eigenvalue weighted by Gasteiger charge is -2.36. The number of nitrogens with two attached hydrogens (primary N) is 1. The van der Waals surface area contributed by atoms with E-state index in [1.54, 1.807) is 0 Å². The molecule has 3 rings (SSSR count). The van der Waals surface area contributed by atoms with Crippen LogP contribution in [0.5, 0.6) is 0 Å². The number of piperazine rings is 1. The molecule has 2 N–H and O–H groups in total. The fraction of sp³-hybridized carbons (Fsp3) is 0.444. The summed E-state index contributed by atoms with van der Waals surface area (Å²) in [6.45, 7) is 5.94. The van der Waals surface area contributed by atoms with E-state index in [2.05, 4.69) is 26.8 Å². The molecule has 26 heavy (non-hydrogen) atoms. The molecule has 0 amide bonds. The molecule has 142 valence electrons. The number of benzene rings is 1. The van der Waals surface area contributed by atoms with Gasteiger partial charge in [-0.25, -0.2) is 9.38 Å². The summed E-state index contributed by atoms with van der Waals surface area (Å²) in [5, 5.41) is 4.43. The summed E-state index contributed by atoms with van der Waals surface area (Å²) in [6, 6.07) is 6.63. The summed E-state index contributed by atoms with van der Waals surface area (Å²) in [5.41, 5.74) is 9.41. The normalized spacial score (nSPS) is 15.1. The van der Waals surface area contributed by atoms with Gasteiger partial charge in [0, 0.05) is 50.7 Å². The number of guanidine groups is 1. The fourth-order valence-electron chi connectivity index (χ4n) is 3.13. The second kappa shape index (κ2) is 9.20. The third kappa shape index (κ3) is 4.87. The van der Waals surface area contributed by atoms with Crippen LogP contribution in [0, 0.1) is 5.82 Å². The Morgan fingerprint density at radius 1 is 1.19 bits per heavy atom. The highest BCUT2D eigenvalue weighted by Gasteiger charge is 2.18. The lowest BCUT2D eigenvalue weighted by Crippen LogP contribution is -2.51. The molecule has 0 bridgehead atoms. The van der Waals surface area contributed by atoms with Gasteiger partial charge in [-0.1, -0.05) is 6.92 Å². The first-order chi connectivity index (χ1) is 12.1. The van der Waals surface area contributed by atoms with Gasteiger partial charge in [-0.2, -0.15) is 5.10 Å². The van der Waals surface area contributed by atoms with Crippen molar-refractivity contribution in [2.45, 2.75) is 19.9 Å². The van der Waals surface area contributed by atoms with Crippen LogP contribution in [-0.2, 0) is 20.0 Å². The molecule has 6 nitrogen and oxygen atoms in total. The zero-order chi connectivity index (χ0) is 17.8. The van der Waals surface area contributed by atoms with Gasteiger partial charge in [0.15, 0.2) is 5.96 Å². The Hall–Kier alpha value is -1.84. The maximum Gasteiger partial charge on any atom is 0.191 e. The highest BCUT2D eigenvalue weighted by Crippen LogP contribution is 2.17. The Bertz CT molecular complexity index is 735. The summed E-state index contributed by atoms with van der Waals surface area (Å²) in [4.78, 5) is 8.88. The topological polar surface area (TPSA) is 62.7 Å². The van der Waals surface area contributed by atoms with E-state index in [1.807, 2.05) is 30.1 Å². The largest absolute Gasteiger partial charge is 0.370 e. The van der Waals surface area contributed by atoms with Gasteiger partial charge >= 0.3 is 0 Å². The van der Waals surface area contributed by atoms with Crippen LogP contribution in [-0.4, -0.2) is 46.8 Å². The molecule has 1 fully saturated rings. The summed E-state index contributed by atoms with van der Waals surface area (Å²) < 4.78 is 14.9. The monoisotopic (exact) mass is 472 g/mol. The van der Waals surface area contributed by atoms with Crippen LogP contribution in [0.3, 0.4) is 0 Å². The molecule has 1 aromatic carbocycles. The molecule has 0 unspecified atom stereocenters. The minimum atomic E-state index is -0.208. The molecule has 0 radical (unpaired) electrons. The van der Waals surface area contributed by atoms with Crippen molar-refractivity contribution < 1.29 is 4.39 Å².